The molecule has 0 aromatic rings. The van der Waals surface area contributed by atoms with E-state index in [4.69, 9.17) is 5.73 Å². The van der Waals surface area contributed by atoms with Gasteiger partial charge >= 0.3 is 6.18 Å². The molecule has 1 amide bonds. The van der Waals surface area contributed by atoms with E-state index in [-0.39, 0.29) is 12.2 Å². The summed E-state index contributed by atoms with van der Waals surface area (Å²) in [5, 5.41) is 1.91. The second kappa shape index (κ2) is 3.88. The summed E-state index contributed by atoms with van der Waals surface area (Å²) in [7, 11) is -3.50. The molecule has 0 aromatic heterocycles. The zero-order valence-corrected chi connectivity index (χ0v) is 8.99. The van der Waals surface area contributed by atoms with E-state index >= 15 is 0 Å². The van der Waals surface area contributed by atoms with E-state index in [1.54, 1.807) is 0 Å². The summed E-state index contributed by atoms with van der Waals surface area (Å²) in [6, 6.07) is 0. The highest BCUT2D eigenvalue weighted by atomic mass is 32.2. The minimum absolute atomic E-state index is 0.221. The zero-order valence-electron chi connectivity index (χ0n) is 8.17. The van der Waals surface area contributed by atoms with Crippen molar-refractivity contribution in [2.75, 3.05) is 18.1 Å². The van der Waals surface area contributed by atoms with Gasteiger partial charge < -0.3 is 5.73 Å². The number of carbonyl (C=O) groups excluding carboxylic acids is 1. The fraction of sp³-hybridized carbons (Fsp3) is 0.857. The van der Waals surface area contributed by atoms with Crippen molar-refractivity contribution in [3.05, 3.63) is 0 Å². The molecule has 3 N–H and O–H groups in total. The Bertz CT molecular complexity index is 392. The monoisotopic (exact) mass is 260 g/mol. The van der Waals surface area contributed by atoms with Crippen LogP contribution in [0.2, 0.25) is 0 Å². The Kier molecular flexibility index (Phi) is 3.21. The Morgan fingerprint density at radius 1 is 1.44 bits per heavy atom. The fourth-order valence-electron chi connectivity index (χ4n) is 1.54. The van der Waals surface area contributed by atoms with Gasteiger partial charge in [0, 0.05) is 0 Å². The van der Waals surface area contributed by atoms with Gasteiger partial charge in [0.05, 0.1) is 18.1 Å². The summed E-state index contributed by atoms with van der Waals surface area (Å²) in [5.41, 5.74) is 3.17. The highest BCUT2D eigenvalue weighted by Crippen LogP contribution is 2.25. The summed E-state index contributed by atoms with van der Waals surface area (Å²) in [6.45, 7) is -1.44. The molecule has 1 heterocycles. The molecule has 0 bridgehead atoms. The minimum Gasteiger partial charge on any atom is -0.368 e. The second-order valence-electron chi connectivity index (χ2n) is 3.76. The first kappa shape index (κ1) is 13.2. The van der Waals surface area contributed by atoms with Crippen LogP contribution in [0.15, 0.2) is 0 Å². The van der Waals surface area contributed by atoms with Crippen molar-refractivity contribution < 1.29 is 26.4 Å². The number of rotatable bonds is 3. The van der Waals surface area contributed by atoms with Gasteiger partial charge in [0.1, 0.15) is 5.54 Å². The molecule has 1 rings (SSSR count). The SMILES string of the molecule is NC(=O)C1(NCC(F)(F)F)CCS(=O)(=O)C1. The quantitative estimate of drug-likeness (QED) is 0.694. The molecule has 1 atom stereocenters. The Morgan fingerprint density at radius 2 is 2.00 bits per heavy atom. The molecule has 1 unspecified atom stereocenters. The van der Waals surface area contributed by atoms with E-state index in [2.05, 4.69) is 0 Å². The second-order valence-corrected chi connectivity index (χ2v) is 5.94. The minimum atomic E-state index is -4.52. The van der Waals surface area contributed by atoms with Crippen LogP contribution in [0.4, 0.5) is 13.2 Å². The predicted octanol–water partition coefficient (Wildman–Crippen LogP) is -0.819. The first-order valence-corrected chi connectivity index (χ1v) is 6.21. The molecule has 1 saturated heterocycles. The Labute approximate surface area is 90.1 Å². The third-order valence-corrected chi connectivity index (χ3v) is 4.16. The van der Waals surface area contributed by atoms with Crippen molar-refractivity contribution in [3.8, 4) is 0 Å². The predicted molar refractivity (Wildman–Crippen MR) is 49.3 cm³/mol. The number of hydrogen-bond acceptors (Lipinski definition) is 4. The zero-order chi connectivity index (χ0) is 12.6. The molecule has 9 heteroatoms. The van der Waals surface area contributed by atoms with Gasteiger partial charge in [-0.05, 0) is 6.42 Å². The molecule has 0 spiro atoms. The molecule has 94 valence electrons. The molecule has 0 saturated carbocycles. The average Bonchev–Trinajstić information content (AvgIpc) is 2.38. The topological polar surface area (TPSA) is 89.3 Å². The van der Waals surface area contributed by atoms with Crippen LogP contribution >= 0.6 is 0 Å². The van der Waals surface area contributed by atoms with E-state index < -0.39 is 39.8 Å². The first-order valence-electron chi connectivity index (χ1n) is 4.38. The van der Waals surface area contributed by atoms with Crippen molar-refractivity contribution in [2.45, 2.75) is 18.1 Å². The van der Waals surface area contributed by atoms with Gasteiger partial charge in [0.2, 0.25) is 5.91 Å². The highest BCUT2D eigenvalue weighted by Gasteiger charge is 2.48. The van der Waals surface area contributed by atoms with Crippen LogP contribution in [0.1, 0.15) is 6.42 Å². The maximum absolute atomic E-state index is 12.0. The van der Waals surface area contributed by atoms with E-state index in [0.29, 0.717) is 0 Å². The standard InChI is InChI=1S/C7H11F3N2O3S/c8-7(9,10)3-12-6(5(11)13)1-2-16(14,15)4-6/h12H,1-4H2,(H2,11,13). The molecular formula is C7H11F3N2O3S. The maximum Gasteiger partial charge on any atom is 0.401 e. The van der Waals surface area contributed by atoms with Gasteiger partial charge in [-0.15, -0.1) is 0 Å². The van der Waals surface area contributed by atoms with Crippen molar-refractivity contribution in [1.29, 1.82) is 0 Å². The number of nitrogens with one attached hydrogen (secondary N) is 1. The van der Waals surface area contributed by atoms with Gasteiger partial charge in [0.15, 0.2) is 9.84 Å². The normalized spacial score (nSPS) is 29.2. The summed E-state index contributed by atoms with van der Waals surface area (Å²) >= 11 is 0. The number of amides is 1. The molecular weight excluding hydrogens is 249 g/mol. The lowest BCUT2D eigenvalue weighted by Gasteiger charge is -2.25. The number of sulfone groups is 1. The third-order valence-electron chi connectivity index (χ3n) is 2.41. The average molecular weight is 260 g/mol. The number of halogens is 3. The number of alkyl halides is 3. The largest absolute Gasteiger partial charge is 0.401 e. The van der Waals surface area contributed by atoms with E-state index in [0.717, 1.165) is 0 Å². The summed E-state index contributed by atoms with van der Waals surface area (Å²) in [5.74, 6) is -2.08. The number of carbonyl (C=O) groups is 1. The van der Waals surface area contributed by atoms with Gasteiger partial charge in [-0.2, -0.15) is 13.2 Å². The molecule has 5 nitrogen and oxygen atoms in total. The van der Waals surface area contributed by atoms with Crippen LogP contribution in [0, 0.1) is 0 Å². The van der Waals surface area contributed by atoms with Gasteiger partial charge in [-0.3, -0.25) is 10.1 Å². The highest BCUT2D eigenvalue weighted by molar-refractivity contribution is 7.91. The van der Waals surface area contributed by atoms with Crippen LogP contribution in [-0.4, -0.2) is 44.1 Å². The fourth-order valence-corrected chi connectivity index (χ4v) is 3.48. The van der Waals surface area contributed by atoms with Crippen molar-refractivity contribution >= 4 is 15.7 Å². The molecule has 16 heavy (non-hydrogen) atoms. The van der Waals surface area contributed by atoms with Gasteiger partial charge in [-0.1, -0.05) is 0 Å². The lowest BCUT2D eigenvalue weighted by molar-refractivity contribution is -0.135. The molecule has 1 fully saturated rings. The number of nitrogens with two attached hydrogens (primary N) is 1. The maximum atomic E-state index is 12.0. The van der Waals surface area contributed by atoms with E-state index in [1.165, 1.54) is 0 Å². The summed E-state index contributed by atoms with van der Waals surface area (Å²) in [4.78, 5) is 11.1. The Morgan fingerprint density at radius 3 is 2.31 bits per heavy atom. The van der Waals surface area contributed by atoms with E-state index in [9.17, 15) is 26.4 Å². The number of hydrogen-bond donors (Lipinski definition) is 2. The van der Waals surface area contributed by atoms with Crippen molar-refractivity contribution in [3.63, 3.8) is 0 Å². The number of primary amides is 1. The van der Waals surface area contributed by atoms with Crippen LogP contribution < -0.4 is 11.1 Å². The smallest absolute Gasteiger partial charge is 0.368 e. The molecule has 0 aromatic carbocycles. The molecule has 1 aliphatic rings. The van der Waals surface area contributed by atoms with Crippen LogP contribution in [0.25, 0.3) is 0 Å². The Hall–Kier alpha value is -0.830. The van der Waals surface area contributed by atoms with Crippen LogP contribution in [-0.2, 0) is 14.6 Å². The van der Waals surface area contributed by atoms with E-state index in [1.807, 2.05) is 5.32 Å². The molecule has 0 radical (unpaired) electrons. The van der Waals surface area contributed by atoms with Gasteiger partial charge in [0.25, 0.3) is 0 Å². The van der Waals surface area contributed by atoms with Crippen LogP contribution in [0.5, 0.6) is 0 Å². The molecule has 1 aliphatic heterocycles. The van der Waals surface area contributed by atoms with Crippen LogP contribution in [0.3, 0.4) is 0 Å². The van der Waals surface area contributed by atoms with Crippen molar-refractivity contribution in [1.82, 2.24) is 5.32 Å². The van der Waals surface area contributed by atoms with Crippen molar-refractivity contribution in [2.24, 2.45) is 5.73 Å². The van der Waals surface area contributed by atoms with Gasteiger partial charge in [-0.25, -0.2) is 8.42 Å². The summed E-state index contributed by atoms with van der Waals surface area (Å²) < 4.78 is 58.2. The lowest BCUT2D eigenvalue weighted by Crippen LogP contribution is -2.58. The lowest BCUT2D eigenvalue weighted by atomic mass is 9.98. The first-order chi connectivity index (χ1) is 7.06. The molecule has 0 aliphatic carbocycles. The third kappa shape index (κ3) is 3.08. The summed E-state index contributed by atoms with van der Waals surface area (Å²) in [6.07, 6.45) is -4.74. The Balaban J connectivity index is 2.81.